The summed E-state index contributed by atoms with van der Waals surface area (Å²) in [6.45, 7) is 3.88. The summed E-state index contributed by atoms with van der Waals surface area (Å²) in [6.07, 6.45) is 4.54. The Morgan fingerprint density at radius 2 is 2.00 bits per heavy atom. The normalized spacial score (nSPS) is 15.3. The molecule has 0 bridgehead atoms. The van der Waals surface area contributed by atoms with E-state index in [4.69, 9.17) is 10.1 Å². The van der Waals surface area contributed by atoms with Crippen molar-refractivity contribution in [3.8, 4) is 11.4 Å². The van der Waals surface area contributed by atoms with Crippen LogP contribution in [0.2, 0.25) is 0 Å². The minimum Gasteiger partial charge on any atom is -0.381 e. The van der Waals surface area contributed by atoms with E-state index in [1.807, 2.05) is 13.0 Å². The van der Waals surface area contributed by atoms with Gasteiger partial charge in [-0.2, -0.15) is 5.10 Å². The molecule has 0 radical (unpaired) electrons. The number of anilines is 1. The van der Waals surface area contributed by atoms with Crippen molar-refractivity contribution in [3.05, 3.63) is 71.1 Å². The van der Waals surface area contributed by atoms with Crippen LogP contribution in [0.4, 0.5) is 5.69 Å². The quantitative estimate of drug-likeness (QED) is 0.771. The first-order valence-corrected chi connectivity index (χ1v) is 8.89. The van der Waals surface area contributed by atoms with Gasteiger partial charge in [-0.25, -0.2) is 0 Å². The molecule has 0 amide bonds. The summed E-state index contributed by atoms with van der Waals surface area (Å²) in [4.78, 5) is 4.75. The van der Waals surface area contributed by atoms with Gasteiger partial charge in [-0.3, -0.25) is 9.67 Å². The van der Waals surface area contributed by atoms with Gasteiger partial charge in [-0.15, -0.1) is 0 Å². The fourth-order valence-electron chi connectivity index (χ4n) is 3.95. The summed E-state index contributed by atoms with van der Waals surface area (Å²) in [5.74, 6) is 0. The van der Waals surface area contributed by atoms with Crippen molar-refractivity contribution in [1.82, 2.24) is 14.8 Å². The summed E-state index contributed by atoms with van der Waals surface area (Å²) in [6, 6.07) is 14.7. The van der Waals surface area contributed by atoms with Gasteiger partial charge >= 0.3 is 0 Å². The van der Waals surface area contributed by atoms with Gasteiger partial charge in [-0.1, -0.05) is 30.3 Å². The molecule has 0 atom stereocenters. The first-order chi connectivity index (χ1) is 12.3. The van der Waals surface area contributed by atoms with Gasteiger partial charge in [0.15, 0.2) is 0 Å². The van der Waals surface area contributed by atoms with Gasteiger partial charge in [0.2, 0.25) is 0 Å². The summed E-state index contributed by atoms with van der Waals surface area (Å²) >= 11 is 0. The molecule has 2 aliphatic rings. The number of para-hydroxylation sites is 1. The van der Waals surface area contributed by atoms with Gasteiger partial charge in [0, 0.05) is 41.3 Å². The molecule has 0 saturated heterocycles. The van der Waals surface area contributed by atoms with Crippen LogP contribution in [-0.4, -0.2) is 21.3 Å². The lowest BCUT2D eigenvalue weighted by Gasteiger charge is -2.20. The molecule has 0 saturated carbocycles. The predicted octanol–water partition coefficient (Wildman–Crippen LogP) is 4.06. The predicted molar refractivity (Wildman–Crippen MR) is 101 cm³/mol. The Labute approximate surface area is 147 Å². The molecule has 3 aromatic rings. The number of rotatable bonds is 2. The highest BCUT2D eigenvalue weighted by Gasteiger charge is 2.27. The van der Waals surface area contributed by atoms with Crippen LogP contribution in [0, 0.1) is 6.92 Å². The van der Waals surface area contributed by atoms with Gasteiger partial charge in [-0.05, 0) is 43.5 Å². The molecule has 0 spiro atoms. The molecular weight excluding hydrogens is 308 g/mol. The lowest BCUT2D eigenvalue weighted by Crippen LogP contribution is -2.09. The van der Waals surface area contributed by atoms with E-state index in [0.717, 1.165) is 36.6 Å². The molecule has 0 fully saturated rings. The minimum atomic E-state index is 0.845. The van der Waals surface area contributed by atoms with Crippen LogP contribution in [-0.2, 0) is 13.0 Å². The van der Waals surface area contributed by atoms with Crippen molar-refractivity contribution in [2.75, 3.05) is 11.9 Å². The highest BCUT2D eigenvalue weighted by atomic mass is 15.3. The fourth-order valence-corrected chi connectivity index (χ4v) is 3.95. The Morgan fingerprint density at radius 3 is 2.92 bits per heavy atom. The zero-order chi connectivity index (χ0) is 16.8. The molecular formula is C21H20N4. The summed E-state index contributed by atoms with van der Waals surface area (Å²) < 4.78 is 2.18. The van der Waals surface area contributed by atoms with Crippen LogP contribution >= 0.6 is 0 Å². The van der Waals surface area contributed by atoms with E-state index in [2.05, 4.69) is 52.5 Å². The maximum atomic E-state index is 4.94. The van der Waals surface area contributed by atoms with Gasteiger partial charge < -0.3 is 5.32 Å². The van der Waals surface area contributed by atoms with Crippen molar-refractivity contribution >= 4 is 11.3 Å². The lowest BCUT2D eigenvalue weighted by atomic mass is 9.91. The van der Waals surface area contributed by atoms with Crippen LogP contribution in [0.5, 0.6) is 0 Å². The number of nitrogens with zero attached hydrogens (tertiary/aromatic N) is 3. The highest BCUT2D eigenvalue weighted by molar-refractivity contribution is 5.93. The van der Waals surface area contributed by atoms with Crippen LogP contribution in [0.25, 0.3) is 17.0 Å². The molecule has 4 nitrogen and oxygen atoms in total. The maximum Gasteiger partial charge on any atom is 0.119 e. The maximum absolute atomic E-state index is 4.94. The Kier molecular flexibility index (Phi) is 3.23. The van der Waals surface area contributed by atoms with Crippen molar-refractivity contribution in [1.29, 1.82) is 0 Å². The number of nitrogens with one attached hydrogen (secondary N) is 1. The molecule has 4 heteroatoms. The zero-order valence-corrected chi connectivity index (χ0v) is 14.3. The van der Waals surface area contributed by atoms with Crippen LogP contribution in [0.15, 0.2) is 48.5 Å². The molecule has 5 rings (SSSR count). The minimum absolute atomic E-state index is 0.845. The summed E-state index contributed by atoms with van der Waals surface area (Å²) in [5, 5.41) is 8.41. The average Bonchev–Trinajstić information content (AvgIpc) is 3.22. The van der Waals surface area contributed by atoms with E-state index >= 15 is 0 Å². The standard InChI is InChI=1S/C21H20N4/c1-14-6-4-9-18(23-14)21-20(19-10-5-13-25(19)24-21)16-11-12-22-17-8-3-2-7-15(16)17/h2-4,6-9,11,22H,5,10,12-13H2,1H3. The third kappa shape index (κ3) is 2.29. The molecule has 0 aliphatic carbocycles. The van der Waals surface area contributed by atoms with E-state index in [1.165, 1.54) is 34.5 Å². The third-order valence-electron chi connectivity index (χ3n) is 5.06. The first kappa shape index (κ1) is 14.5. The van der Waals surface area contributed by atoms with Crippen molar-refractivity contribution in [3.63, 3.8) is 0 Å². The average molecular weight is 328 g/mol. The van der Waals surface area contributed by atoms with Crippen molar-refractivity contribution in [2.24, 2.45) is 0 Å². The van der Waals surface area contributed by atoms with Gasteiger partial charge in [0.1, 0.15) is 5.69 Å². The van der Waals surface area contributed by atoms with E-state index < -0.39 is 0 Å². The molecule has 0 unspecified atom stereocenters. The molecule has 25 heavy (non-hydrogen) atoms. The second-order valence-corrected chi connectivity index (χ2v) is 6.71. The van der Waals surface area contributed by atoms with Crippen molar-refractivity contribution < 1.29 is 0 Å². The van der Waals surface area contributed by atoms with Crippen LogP contribution < -0.4 is 5.32 Å². The zero-order valence-electron chi connectivity index (χ0n) is 14.3. The fraction of sp³-hybridized carbons (Fsp3) is 0.238. The van der Waals surface area contributed by atoms with E-state index in [0.29, 0.717) is 0 Å². The number of aromatic nitrogens is 3. The largest absolute Gasteiger partial charge is 0.381 e. The summed E-state index contributed by atoms with van der Waals surface area (Å²) in [5.41, 5.74) is 9.36. The van der Waals surface area contributed by atoms with E-state index in [9.17, 15) is 0 Å². The SMILES string of the molecule is Cc1cccc(-c2nn3c(c2C2=CCNc4ccccc42)CCC3)n1. The van der Waals surface area contributed by atoms with Crippen LogP contribution in [0.3, 0.4) is 0 Å². The van der Waals surface area contributed by atoms with Crippen molar-refractivity contribution in [2.45, 2.75) is 26.3 Å². The number of fused-ring (bicyclic) bond motifs is 2. The molecule has 1 aromatic carbocycles. The number of hydrogen-bond acceptors (Lipinski definition) is 3. The third-order valence-corrected chi connectivity index (χ3v) is 5.06. The molecule has 2 aromatic heterocycles. The summed E-state index contributed by atoms with van der Waals surface area (Å²) in [7, 11) is 0. The molecule has 1 N–H and O–H groups in total. The number of benzene rings is 1. The highest BCUT2D eigenvalue weighted by Crippen LogP contribution is 2.40. The molecule has 2 aliphatic heterocycles. The van der Waals surface area contributed by atoms with Gasteiger partial charge in [0.25, 0.3) is 0 Å². The second-order valence-electron chi connectivity index (χ2n) is 6.71. The number of pyridine rings is 1. The van der Waals surface area contributed by atoms with Gasteiger partial charge in [0.05, 0.1) is 5.69 Å². The molecule has 124 valence electrons. The second kappa shape index (κ2) is 5.59. The smallest absolute Gasteiger partial charge is 0.119 e. The first-order valence-electron chi connectivity index (χ1n) is 8.89. The Balaban J connectivity index is 1.75. The lowest BCUT2D eigenvalue weighted by molar-refractivity contribution is 0.658. The Morgan fingerprint density at radius 1 is 1.08 bits per heavy atom. The monoisotopic (exact) mass is 328 g/mol. The molecule has 4 heterocycles. The number of aryl methyl sites for hydroxylation is 2. The van der Waals surface area contributed by atoms with E-state index in [-0.39, 0.29) is 0 Å². The van der Waals surface area contributed by atoms with E-state index in [1.54, 1.807) is 0 Å². The van der Waals surface area contributed by atoms with Crippen LogP contribution in [0.1, 0.15) is 28.9 Å². The Hall–Kier alpha value is -2.88. The number of hydrogen-bond donors (Lipinski definition) is 1. The Bertz CT molecular complexity index is 997. The topological polar surface area (TPSA) is 42.7 Å².